The summed E-state index contributed by atoms with van der Waals surface area (Å²) >= 11 is 2.00. The van der Waals surface area contributed by atoms with Gasteiger partial charge in [-0.3, -0.25) is 9.89 Å². The number of piperazine rings is 1. The number of hydrogen-bond acceptors (Lipinski definition) is 5. The van der Waals surface area contributed by atoms with Gasteiger partial charge in [0.15, 0.2) is 5.82 Å². The molecule has 5 rings (SSSR count). The highest BCUT2D eigenvalue weighted by Gasteiger charge is 2.17. The highest BCUT2D eigenvalue weighted by Crippen LogP contribution is 2.28. The Morgan fingerprint density at radius 1 is 1.03 bits per heavy atom. The van der Waals surface area contributed by atoms with Crippen molar-refractivity contribution in [1.29, 1.82) is 0 Å². The molecule has 3 aromatic carbocycles. The number of alkyl halides is 1. The Morgan fingerprint density at radius 2 is 1.73 bits per heavy atom. The molecule has 0 saturated carbocycles. The van der Waals surface area contributed by atoms with E-state index >= 15 is 0 Å². The number of nitrogens with one attached hydrogen (secondary N) is 2. The quantitative estimate of drug-likeness (QED) is 0.216. The molecule has 1 amide bonds. The molecular weight excluding hydrogens is 591 g/mol. The second-order valence-electron chi connectivity index (χ2n) is 8.98. The summed E-state index contributed by atoms with van der Waals surface area (Å²) in [5, 5.41) is 10.6. The van der Waals surface area contributed by atoms with Crippen molar-refractivity contribution in [2.24, 2.45) is 0 Å². The van der Waals surface area contributed by atoms with E-state index in [9.17, 15) is 13.6 Å². The molecule has 0 aliphatic carbocycles. The number of amides is 1. The smallest absolute Gasteiger partial charge is 0.256 e. The Labute approximate surface area is 226 Å². The first kappa shape index (κ1) is 25.4. The van der Waals surface area contributed by atoms with Gasteiger partial charge in [-0.05, 0) is 61.6 Å². The fourth-order valence-corrected chi connectivity index (χ4v) is 5.16. The fraction of sp³-hybridized carbons (Fsp3) is 0.259. The van der Waals surface area contributed by atoms with Gasteiger partial charge in [0.25, 0.3) is 5.91 Å². The number of aromatic amines is 1. The van der Waals surface area contributed by atoms with Crippen molar-refractivity contribution in [3.05, 3.63) is 82.9 Å². The maximum Gasteiger partial charge on any atom is 0.256 e. The lowest BCUT2D eigenvalue weighted by Gasteiger charge is -2.34. The number of fused-ring (bicyclic) bond motifs is 1. The van der Waals surface area contributed by atoms with Crippen molar-refractivity contribution in [3.63, 3.8) is 0 Å². The first-order chi connectivity index (χ1) is 17.9. The van der Waals surface area contributed by atoms with Crippen LogP contribution < -0.4 is 15.0 Å². The molecule has 0 radical (unpaired) electrons. The molecule has 37 heavy (non-hydrogen) atoms. The number of aromatic nitrogens is 2. The summed E-state index contributed by atoms with van der Waals surface area (Å²) in [4.78, 5) is 17.5. The molecule has 0 bridgehead atoms. The van der Waals surface area contributed by atoms with Crippen LogP contribution in [0.1, 0.15) is 21.5 Å². The predicted molar refractivity (Wildman–Crippen MR) is 149 cm³/mol. The van der Waals surface area contributed by atoms with Crippen LogP contribution in [0.2, 0.25) is 0 Å². The molecule has 2 heterocycles. The standard InChI is InChI=1S/C27H26F2IN5O2/c1-34-10-12-35(13-11-34)18-4-2-17(3-5-18)27(36)31-26-20-14-19(6-9-25(20)32-33-26)37-16-22-21(15-30)23(28)7-8-24(22)29/h2-9,14H,10-13,15-16H2,1H3,(H2,31,32,33,36). The Kier molecular flexibility index (Phi) is 7.56. The molecule has 7 nitrogen and oxygen atoms in total. The lowest BCUT2D eigenvalue weighted by atomic mass is 10.1. The Morgan fingerprint density at radius 3 is 2.43 bits per heavy atom. The van der Waals surface area contributed by atoms with Gasteiger partial charge in [0.1, 0.15) is 24.0 Å². The van der Waals surface area contributed by atoms with Crippen LogP contribution in [0.5, 0.6) is 5.75 Å². The lowest BCUT2D eigenvalue weighted by molar-refractivity contribution is 0.102. The van der Waals surface area contributed by atoms with Crippen LogP contribution in [0.3, 0.4) is 0 Å². The minimum atomic E-state index is -0.510. The van der Waals surface area contributed by atoms with E-state index in [2.05, 4.69) is 32.4 Å². The summed E-state index contributed by atoms with van der Waals surface area (Å²) < 4.78 is 34.5. The second-order valence-corrected chi connectivity index (χ2v) is 9.74. The summed E-state index contributed by atoms with van der Waals surface area (Å²) in [7, 11) is 2.12. The van der Waals surface area contributed by atoms with Gasteiger partial charge in [-0.1, -0.05) is 22.6 Å². The molecule has 2 N–H and O–H groups in total. The van der Waals surface area contributed by atoms with Gasteiger partial charge in [0, 0.05) is 58.4 Å². The third kappa shape index (κ3) is 5.54. The molecule has 1 aliphatic rings. The highest BCUT2D eigenvalue weighted by molar-refractivity contribution is 14.1. The van der Waals surface area contributed by atoms with Crippen molar-refractivity contribution in [2.45, 2.75) is 11.0 Å². The maximum atomic E-state index is 14.3. The molecule has 4 aromatic rings. The molecule has 1 saturated heterocycles. The van der Waals surface area contributed by atoms with Gasteiger partial charge in [-0.2, -0.15) is 5.10 Å². The number of rotatable bonds is 7. The van der Waals surface area contributed by atoms with Crippen molar-refractivity contribution in [1.82, 2.24) is 15.1 Å². The number of ether oxygens (including phenoxy) is 1. The van der Waals surface area contributed by atoms with E-state index in [1.807, 2.05) is 46.9 Å². The number of halogens is 3. The fourth-order valence-electron chi connectivity index (χ4n) is 4.34. The number of likely N-dealkylation sites (N-methyl/N-ethyl adjacent to an activating group) is 1. The van der Waals surface area contributed by atoms with Crippen LogP contribution >= 0.6 is 22.6 Å². The van der Waals surface area contributed by atoms with E-state index in [-0.39, 0.29) is 23.6 Å². The molecule has 192 valence electrons. The Hall–Kier alpha value is -3.25. The zero-order valence-corrected chi connectivity index (χ0v) is 22.4. The molecule has 0 atom stereocenters. The van der Waals surface area contributed by atoms with Crippen LogP contribution in [0, 0.1) is 11.6 Å². The third-order valence-corrected chi connectivity index (χ3v) is 7.36. The van der Waals surface area contributed by atoms with Crippen LogP contribution in [0.15, 0.2) is 54.6 Å². The van der Waals surface area contributed by atoms with Crippen molar-refractivity contribution in [2.75, 3.05) is 43.4 Å². The molecule has 0 spiro atoms. The molecule has 1 aliphatic heterocycles. The molecule has 1 fully saturated rings. The maximum absolute atomic E-state index is 14.3. The van der Waals surface area contributed by atoms with E-state index in [0.29, 0.717) is 32.5 Å². The van der Waals surface area contributed by atoms with Gasteiger partial charge in [-0.25, -0.2) is 8.78 Å². The summed E-state index contributed by atoms with van der Waals surface area (Å²) in [5.41, 5.74) is 2.80. The number of H-pyrrole nitrogens is 1. The van der Waals surface area contributed by atoms with E-state index in [0.717, 1.165) is 44.0 Å². The molecule has 10 heteroatoms. The van der Waals surface area contributed by atoms with E-state index in [1.165, 1.54) is 0 Å². The summed E-state index contributed by atoms with van der Waals surface area (Å²) in [6.07, 6.45) is 0. The third-order valence-electron chi connectivity index (χ3n) is 6.60. The Balaban J connectivity index is 1.29. The van der Waals surface area contributed by atoms with Crippen LogP contribution in [0.25, 0.3) is 10.9 Å². The van der Waals surface area contributed by atoms with E-state index in [4.69, 9.17) is 4.74 Å². The monoisotopic (exact) mass is 617 g/mol. The number of carbonyl (C=O) groups excluding carboxylic acids is 1. The number of carbonyl (C=O) groups is 1. The summed E-state index contributed by atoms with van der Waals surface area (Å²) in [5.74, 6) is -0.439. The average Bonchev–Trinajstić information content (AvgIpc) is 3.31. The van der Waals surface area contributed by atoms with Crippen molar-refractivity contribution in [3.8, 4) is 5.75 Å². The zero-order valence-electron chi connectivity index (χ0n) is 20.2. The van der Waals surface area contributed by atoms with Crippen LogP contribution in [-0.4, -0.2) is 54.2 Å². The predicted octanol–water partition coefficient (Wildman–Crippen LogP) is 5.36. The minimum Gasteiger partial charge on any atom is -0.489 e. The average molecular weight is 617 g/mol. The van der Waals surface area contributed by atoms with Gasteiger partial charge < -0.3 is 19.9 Å². The van der Waals surface area contributed by atoms with Crippen molar-refractivity contribution < 1.29 is 18.3 Å². The Bertz CT molecular complexity index is 1420. The van der Waals surface area contributed by atoms with Crippen molar-refractivity contribution >= 4 is 50.9 Å². The van der Waals surface area contributed by atoms with Crippen LogP contribution in [-0.2, 0) is 11.0 Å². The summed E-state index contributed by atoms with van der Waals surface area (Å²) in [6.45, 7) is 3.81. The minimum absolute atomic E-state index is 0.118. The normalized spacial score (nSPS) is 14.2. The number of benzene rings is 3. The second kappa shape index (κ2) is 11.0. The lowest BCUT2D eigenvalue weighted by Crippen LogP contribution is -2.44. The van der Waals surface area contributed by atoms with E-state index < -0.39 is 11.6 Å². The first-order valence-electron chi connectivity index (χ1n) is 11.9. The zero-order chi connectivity index (χ0) is 25.9. The molecular formula is C27H26F2IN5O2. The number of nitrogens with zero attached hydrogens (tertiary/aromatic N) is 3. The molecule has 1 aromatic heterocycles. The highest BCUT2D eigenvalue weighted by atomic mass is 127. The van der Waals surface area contributed by atoms with Gasteiger partial charge >= 0.3 is 0 Å². The largest absolute Gasteiger partial charge is 0.489 e. The van der Waals surface area contributed by atoms with Gasteiger partial charge in [0.05, 0.1) is 5.52 Å². The molecule has 0 unspecified atom stereocenters. The first-order valence-corrected chi connectivity index (χ1v) is 13.4. The summed E-state index contributed by atoms with van der Waals surface area (Å²) in [6, 6.07) is 15.0. The van der Waals surface area contributed by atoms with E-state index in [1.54, 1.807) is 18.2 Å². The SMILES string of the molecule is CN1CCN(c2ccc(C(=O)Nc3n[nH]c4ccc(OCc5c(F)ccc(F)c5CI)cc34)cc2)CC1. The topological polar surface area (TPSA) is 73.5 Å². The van der Waals surface area contributed by atoms with Gasteiger partial charge in [0.2, 0.25) is 0 Å². The number of anilines is 2. The van der Waals surface area contributed by atoms with Gasteiger partial charge in [-0.15, -0.1) is 0 Å². The van der Waals surface area contributed by atoms with Crippen LogP contribution in [0.4, 0.5) is 20.3 Å². The number of hydrogen-bond donors (Lipinski definition) is 2.